The van der Waals surface area contributed by atoms with E-state index in [0.29, 0.717) is 5.02 Å². The second-order valence-corrected chi connectivity index (χ2v) is 11.2. The number of pyridine rings is 1. The maximum Gasteiger partial charge on any atom is 0.223 e. The number of hydrogen-bond donors (Lipinski definition) is 0. The van der Waals surface area contributed by atoms with E-state index < -0.39 is 15.3 Å². The molecule has 0 bridgehead atoms. The van der Waals surface area contributed by atoms with E-state index in [1.165, 1.54) is 40.1 Å². The zero-order valence-corrected chi connectivity index (χ0v) is 20.0. The van der Waals surface area contributed by atoms with Crippen LogP contribution in [0.4, 0.5) is 0 Å². The second kappa shape index (κ2) is 7.14. The molecule has 5 aromatic rings. The maximum absolute atomic E-state index is 13.6. The monoisotopic (exact) mass is 491 g/mol. The normalized spacial score (nSPS) is 14.3. The highest BCUT2D eigenvalue weighted by Gasteiger charge is 2.51. The molecule has 0 saturated carbocycles. The van der Waals surface area contributed by atoms with Crippen LogP contribution in [0.5, 0.6) is 0 Å². The lowest BCUT2D eigenvalue weighted by molar-refractivity contribution is 0.592. The van der Waals surface area contributed by atoms with Crippen LogP contribution in [-0.2, 0) is 15.3 Å². The fraction of sp³-hybridized carbons (Fsp3) is 0.0333. The van der Waals surface area contributed by atoms with Crippen molar-refractivity contribution in [2.24, 2.45) is 0 Å². The standard InChI is InChI=1S/C30H18ClNO2S/c31-19-13-16-29(32-18-19)35(33,34)20-14-15-24-23-9-3-6-12-27(23)30(28(24)17-20)25-10-4-1-7-21(25)22-8-2-5-11-26(22)30/h1-18H. The van der Waals surface area contributed by atoms with Gasteiger partial charge < -0.3 is 0 Å². The summed E-state index contributed by atoms with van der Waals surface area (Å²) in [6.07, 6.45) is 1.36. The Morgan fingerprint density at radius 3 is 1.63 bits per heavy atom. The molecule has 1 aromatic heterocycles. The fourth-order valence-corrected chi connectivity index (χ4v) is 7.20. The number of benzene rings is 4. The molecule has 0 fully saturated rings. The Balaban J connectivity index is 1.58. The number of nitrogens with zero attached hydrogens (tertiary/aromatic N) is 1. The van der Waals surface area contributed by atoms with Gasteiger partial charge in [-0.3, -0.25) is 0 Å². The second-order valence-electron chi connectivity index (χ2n) is 8.91. The molecule has 1 heterocycles. The van der Waals surface area contributed by atoms with Gasteiger partial charge in [-0.25, -0.2) is 13.4 Å². The topological polar surface area (TPSA) is 47.0 Å². The molecule has 0 atom stereocenters. The van der Waals surface area contributed by atoms with Gasteiger partial charge in [0.05, 0.1) is 15.3 Å². The summed E-state index contributed by atoms with van der Waals surface area (Å²) in [6, 6.07) is 33.8. The van der Waals surface area contributed by atoms with E-state index in [1.54, 1.807) is 12.1 Å². The predicted molar refractivity (Wildman–Crippen MR) is 137 cm³/mol. The van der Waals surface area contributed by atoms with Crippen molar-refractivity contribution in [3.8, 4) is 22.3 Å². The summed E-state index contributed by atoms with van der Waals surface area (Å²) in [6.45, 7) is 0. The van der Waals surface area contributed by atoms with Crippen LogP contribution in [0.3, 0.4) is 0 Å². The smallest absolute Gasteiger partial charge is 0.223 e. The summed E-state index contributed by atoms with van der Waals surface area (Å²) in [5.74, 6) is 0. The molecule has 5 heteroatoms. The Bertz CT molecular complexity index is 1710. The van der Waals surface area contributed by atoms with Crippen LogP contribution in [0, 0.1) is 0 Å². The first-order chi connectivity index (χ1) is 17.0. The van der Waals surface area contributed by atoms with Crippen LogP contribution >= 0.6 is 11.6 Å². The lowest BCUT2D eigenvalue weighted by Gasteiger charge is -2.30. The first-order valence-corrected chi connectivity index (χ1v) is 13.2. The molecule has 35 heavy (non-hydrogen) atoms. The summed E-state index contributed by atoms with van der Waals surface area (Å²) >= 11 is 5.96. The first kappa shape index (κ1) is 20.6. The predicted octanol–water partition coefficient (Wildman–Crippen LogP) is 6.91. The van der Waals surface area contributed by atoms with Gasteiger partial charge in [0, 0.05) is 6.20 Å². The van der Waals surface area contributed by atoms with Crippen molar-refractivity contribution < 1.29 is 8.42 Å². The lowest BCUT2D eigenvalue weighted by Crippen LogP contribution is -2.26. The first-order valence-electron chi connectivity index (χ1n) is 11.3. The van der Waals surface area contributed by atoms with Crippen molar-refractivity contribution in [2.45, 2.75) is 15.3 Å². The van der Waals surface area contributed by atoms with Gasteiger partial charge in [0.1, 0.15) is 0 Å². The summed E-state index contributed by atoms with van der Waals surface area (Å²) in [4.78, 5) is 4.32. The van der Waals surface area contributed by atoms with Gasteiger partial charge in [0.2, 0.25) is 9.84 Å². The Hall–Kier alpha value is -3.73. The van der Waals surface area contributed by atoms with Gasteiger partial charge in [-0.1, -0.05) is 90.5 Å². The SMILES string of the molecule is O=S(=O)(c1ccc2c(c1)C1(c3ccccc3-c3ccccc31)c1ccccc1-2)c1ccc(Cl)cn1. The van der Waals surface area contributed by atoms with Crippen LogP contribution < -0.4 is 0 Å². The molecule has 2 aliphatic rings. The van der Waals surface area contributed by atoms with E-state index in [1.807, 2.05) is 18.2 Å². The molecular weight excluding hydrogens is 474 g/mol. The third-order valence-corrected chi connectivity index (χ3v) is 9.14. The van der Waals surface area contributed by atoms with Gasteiger partial charge >= 0.3 is 0 Å². The van der Waals surface area contributed by atoms with Crippen molar-refractivity contribution in [3.63, 3.8) is 0 Å². The maximum atomic E-state index is 13.6. The number of halogens is 1. The number of aromatic nitrogens is 1. The van der Waals surface area contributed by atoms with Gasteiger partial charge in [-0.2, -0.15) is 0 Å². The molecular formula is C30H18ClNO2S. The van der Waals surface area contributed by atoms with Crippen molar-refractivity contribution in [1.29, 1.82) is 0 Å². The van der Waals surface area contributed by atoms with E-state index in [4.69, 9.17) is 11.6 Å². The number of rotatable bonds is 2. The number of sulfone groups is 1. The molecule has 2 aliphatic carbocycles. The summed E-state index contributed by atoms with van der Waals surface area (Å²) < 4.78 is 27.2. The molecule has 0 saturated heterocycles. The Morgan fingerprint density at radius 2 is 1.11 bits per heavy atom. The van der Waals surface area contributed by atoms with Crippen LogP contribution in [-0.4, -0.2) is 13.4 Å². The van der Waals surface area contributed by atoms with Crippen molar-refractivity contribution in [3.05, 3.63) is 137 Å². The molecule has 1 spiro atoms. The zero-order valence-electron chi connectivity index (χ0n) is 18.4. The molecule has 0 amide bonds. The van der Waals surface area contributed by atoms with E-state index in [9.17, 15) is 8.42 Å². The average molecular weight is 492 g/mol. The highest BCUT2D eigenvalue weighted by Crippen LogP contribution is 2.62. The quantitative estimate of drug-likeness (QED) is 0.264. The highest BCUT2D eigenvalue weighted by atomic mass is 35.5. The van der Waals surface area contributed by atoms with Crippen molar-refractivity contribution in [1.82, 2.24) is 4.98 Å². The minimum atomic E-state index is -3.84. The minimum Gasteiger partial charge on any atom is -0.243 e. The largest absolute Gasteiger partial charge is 0.243 e. The molecule has 0 aliphatic heterocycles. The van der Waals surface area contributed by atoms with E-state index in [-0.39, 0.29) is 9.92 Å². The lowest BCUT2D eigenvalue weighted by atomic mass is 9.70. The molecule has 7 rings (SSSR count). The third kappa shape index (κ3) is 2.61. The Morgan fingerprint density at radius 1 is 0.600 bits per heavy atom. The summed E-state index contributed by atoms with van der Waals surface area (Å²) in [7, 11) is -3.84. The van der Waals surface area contributed by atoms with Gasteiger partial charge in [-0.15, -0.1) is 0 Å². The van der Waals surface area contributed by atoms with Crippen LogP contribution in [0.1, 0.15) is 22.3 Å². The van der Waals surface area contributed by atoms with E-state index >= 15 is 0 Å². The van der Waals surface area contributed by atoms with E-state index in [0.717, 1.165) is 16.7 Å². The van der Waals surface area contributed by atoms with Crippen molar-refractivity contribution in [2.75, 3.05) is 0 Å². The average Bonchev–Trinajstić information content (AvgIpc) is 3.36. The molecule has 0 radical (unpaired) electrons. The van der Waals surface area contributed by atoms with Gasteiger partial charge in [0.25, 0.3) is 0 Å². The Kier molecular flexibility index (Phi) is 4.21. The fourth-order valence-electron chi connectivity index (χ4n) is 5.88. The summed E-state index contributed by atoms with van der Waals surface area (Å²) in [5.41, 5.74) is 8.45. The molecule has 168 valence electrons. The van der Waals surface area contributed by atoms with Gasteiger partial charge in [-0.05, 0) is 68.8 Å². The van der Waals surface area contributed by atoms with Crippen LogP contribution in [0.25, 0.3) is 22.3 Å². The number of hydrogen-bond acceptors (Lipinski definition) is 3. The minimum absolute atomic E-state index is 0.0152. The van der Waals surface area contributed by atoms with Crippen LogP contribution in [0.2, 0.25) is 5.02 Å². The molecule has 0 unspecified atom stereocenters. The highest BCUT2D eigenvalue weighted by molar-refractivity contribution is 7.91. The zero-order chi connectivity index (χ0) is 23.8. The Labute approximate surface area is 208 Å². The van der Waals surface area contributed by atoms with E-state index in [2.05, 4.69) is 71.7 Å². The third-order valence-electron chi connectivity index (χ3n) is 7.25. The van der Waals surface area contributed by atoms with Crippen LogP contribution in [0.15, 0.2) is 119 Å². The molecule has 3 nitrogen and oxygen atoms in total. The van der Waals surface area contributed by atoms with Gasteiger partial charge in [0.15, 0.2) is 5.03 Å². The van der Waals surface area contributed by atoms with Crippen molar-refractivity contribution >= 4 is 21.4 Å². The molecule has 4 aromatic carbocycles. The molecule has 0 N–H and O–H groups in total. The summed E-state index contributed by atoms with van der Waals surface area (Å²) in [5, 5.41) is 0.380. The number of fused-ring (bicyclic) bond motifs is 10.